The van der Waals surface area contributed by atoms with E-state index in [2.05, 4.69) is 33.6 Å². The summed E-state index contributed by atoms with van der Waals surface area (Å²) in [6.45, 7) is 5.76. The van der Waals surface area contributed by atoms with Crippen LogP contribution < -0.4 is 5.73 Å². The van der Waals surface area contributed by atoms with E-state index in [0.29, 0.717) is 0 Å². The predicted octanol–water partition coefficient (Wildman–Crippen LogP) is 1.90. The number of hydrogen-bond donors (Lipinski definition) is 1. The van der Waals surface area contributed by atoms with Gasteiger partial charge in [0.2, 0.25) is 5.91 Å². The summed E-state index contributed by atoms with van der Waals surface area (Å²) in [6.07, 6.45) is 5.00. The van der Waals surface area contributed by atoms with Gasteiger partial charge < -0.3 is 10.6 Å². The van der Waals surface area contributed by atoms with Gasteiger partial charge in [0.1, 0.15) is 5.69 Å². The lowest BCUT2D eigenvalue weighted by Gasteiger charge is -2.30. The van der Waals surface area contributed by atoms with Crippen LogP contribution in [0.15, 0.2) is 17.6 Å². The summed E-state index contributed by atoms with van der Waals surface area (Å²) in [6, 6.07) is 2.10. The molecule has 0 aliphatic carbocycles. The lowest BCUT2D eigenvalue weighted by atomic mass is 9.97. The van der Waals surface area contributed by atoms with Crippen LogP contribution in [-0.2, 0) is 11.3 Å². The van der Waals surface area contributed by atoms with Gasteiger partial charge in [-0.25, -0.2) is 0 Å². The Morgan fingerprint density at radius 3 is 3.09 bits per heavy atom. The molecule has 7 heteroatoms. The first-order chi connectivity index (χ1) is 11.1. The number of rotatable bonds is 6. The first-order valence-electron chi connectivity index (χ1n) is 8.10. The Hall–Kier alpha value is -1.73. The summed E-state index contributed by atoms with van der Waals surface area (Å²) < 4.78 is 1.91. The highest BCUT2D eigenvalue weighted by molar-refractivity contribution is 7.13. The summed E-state index contributed by atoms with van der Waals surface area (Å²) in [5.41, 5.74) is 7.62. The molecule has 1 aliphatic heterocycles. The molecule has 1 saturated heterocycles. The van der Waals surface area contributed by atoms with Crippen LogP contribution in [0.3, 0.4) is 0 Å². The molecule has 1 unspecified atom stereocenters. The van der Waals surface area contributed by atoms with Crippen LogP contribution in [0.2, 0.25) is 0 Å². The van der Waals surface area contributed by atoms with Crippen molar-refractivity contribution in [1.82, 2.24) is 19.9 Å². The fourth-order valence-electron chi connectivity index (χ4n) is 3.09. The highest BCUT2D eigenvalue weighted by Crippen LogP contribution is 2.26. The number of primary amides is 1. The normalized spacial score (nSPS) is 19.1. The highest BCUT2D eigenvalue weighted by Gasteiger charge is 2.23. The maximum atomic E-state index is 11.3. The number of likely N-dealkylation sites (tertiary alicyclic amines) is 1. The van der Waals surface area contributed by atoms with Crippen molar-refractivity contribution in [3.63, 3.8) is 0 Å². The van der Waals surface area contributed by atoms with Gasteiger partial charge in [-0.3, -0.25) is 9.48 Å². The van der Waals surface area contributed by atoms with Gasteiger partial charge in [0.25, 0.3) is 0 Å². The molecule has 0 aromatic carbocycles. The quantitative estimate of drug-likeness (QED) is 0.876. The minimum atomic E-state index is -0.165. The molecule has 1 aliphatic rings. The number of carbonyl (C=O) groups excluding carboxylic acids is 1. The summed E-state index contributed by atoms with van der Waals surface area (Å²) in [4.78, 5) is 14.8. The summed E-state index contributed by atoms with van der Waals surface area (Å²) >= 11 is 1.70. The van der Waals surface area contributed by atoms with E-state index in [1.54, 1.807) is 11.3 Å². The van der Waals surface area contributed by atoms with Crippen molar-refractivity contribution >= 4 is 17.2 Å². The number of aromatic nitrogens is 3. The van der Waals surface area contributed by atoms with Crippen LogP contribution in [0.4, 0.5) is 0 Å². The number of nitrogens with two attached hydrogens (primary N) is 1. The lowest BCUT2D eigenvalue weighted by molar-refractivity contribution is -0.123. The summed E-state index contributed by atoms with van der Waals surface area (Å²) in [7, 11) is 0. The second kappa shape index (κ2) is 7.23. The molecule has 6 nitrogen and oxygen atoms in total. The standard InChI is InChI=1S/C16H23N5OS/c1-12-5-9-23-15(12)14-11-21(19-18-14)8-3-7-20-6-2-4-13(10-20)16(17)22/h5,9,11,13H,2-4,6-8,10H2,1H3,(H2,17,22). The van der Waals surface area contributed by atoms with E-state index in [1.807, 2.05) is 10.9 Å². The average Bonchev–Trinajstić information content (AvgIpc) is 3.16. The Balaban J connectivity index is 1.49. The topological polar surface area (TPSA) is 77.0 Å². The Labute approximate surface area is 140 Å². The lowest BCUT2D eigenvalue weighted by Crippen LogP contribution is -2.41. The Morgan fingerprint density at radius 2 is 2.35 bits per heavy atom. The zero-order valence-electron chi connectivity index (χ0n) is 13.4. The molecular weight excluding hydrogens is 310 g/mol. The van der Waals surface area contributed by atoms with Gasteiger partial charge in [-0.1, -0.05) is 5.21 Å². The van der Waals surface area contributed by atoms with Gasteiger partial charge in [0.05, 0.1) is 17.0 Å². The third kappa shape index (κ3) is 3.97. The SMILES string of the molecule is Cc1ccsc1-c1cn(CCCN2CCCC(C(N)=O)C2)nn1. The second-order valence-corrected chi connectivity index (χ2v) is 7.11. The summed E-state index contributed by atoms with van der Waals surface area (Å²) in [5.74, 6) is -0.148. The van der Waals surface area contributed by atoms with Crippen molar-refractivity contribution in [2.45, 2.75) is 32.7 Å². The molecule has 0 saturated carbocycles. The third-order valence-corrected chi connectivity index (χ3v) is 5.44. The number of carbonyl (C=O) groups is 1. The first kappa shape index (κ1) is 16.1. The van der Waals surface area contributed by atoms with E-state index in [9.17, 15) is 4.79 Å². The van der Waals surface area contributed by atoms with Gasteiger partial charge in [-0.05, 0) is 56.3 Å². The van der Waals surface area contributed by atoms with Gasteiger partial charge in [0, 0.05) is 13.1 Å². The minimum Gasteiger partial charge on any atom is -0.369 e. The number of thiophene rings is 1. The molecule has 2 N–H and O–H groups in total. The van der Waals surface area contributed by atoms with Gasteiger partial charge in [-0.2, -0.15) is 0 Å². The fourth-order valence-corrected chi connectivity index (χ4v) is 3.97. The number of hydrogen-bond acceptors (Lipinski definition) is 5. The largest absolute Gasteiger partial charge is 0.369 e. The zero-order valence-corrected chi connectivity index (χ0v) is 14.3. The van der Waals surface area contributed by atoms with E-state index in [4.69, 9.17) is 5.73 Å². The molecule has 0 spiro atoms. The maximum absolute atomic E-state index is 11.3. The van der Waals surface area contributed by atoms with Gasteiger partial charge in [-0.15, -0.1) is 16.4 Å². The van der Waals surface area contributed by atoms with Crippen molar-refractivity contribution in [2.24, 2.45) is 11.7 Å². The number of piperidine rings is 1. The van der Waals surface area contributed by atoms with Crippen molar-refractivity contribution < 1.29 is 4.79 Å². The van der Waals surface area contributed by atoms with E-state index in [-0.39, 0.29) is 11.8 Å². The van der Waals surface area contributed by atoms with Crippen LogP contribution in [0.1, 0.15) is 24.8 Å². The first-order valence-corrected chi connectivity index (χ1v) is 8.97. The molecule has 2 aromatic heterocycles. The van der Waals surface area contributed by atoms with E-state index in [0.717, 1.165) is 51.1 Å². The Morgan fingerprint density at radius 1 is 1.48 bits per heavy atom. The maximum Gasteiger partial charge on any atom is 0.221 e. The molecule has 1 amide bonds. The molecule has 1 fully saturated rings. The van der Waals surface area contributed by atoms with E-state index >= 15 is 0 Å². The van der Waals surface area contributed by atoms with Crippen molar-refractivity contribution in [1.29, 1.82) is 0 Å². The number of aryl methyl sites for hydroxylation is 2. The van der Waals surface area contributed by atoms with Crippen LogP contribution >= 0.6 is 11.3 Å². The molecule has 0 bridgehead atoms. The van der Waals surface area contributed by atoms with Gasteiger partial charge >= 0.3 is 0 Å². The minimum absolute atomic E-state index is 0.0172. The fraction of sp³-hybridized carbons (Fsp3) is 0.562. The smallest absolute Gasteiger partial charge is 0.221 e. The van der Waals surface area contributed by atoms with Crippen LogP contribution in [0.25, 0.3) is 10.6 Å². The van der Waals surface area contributed by atoms with Crippen LogP contribution in [0.5, 0.6) is 0 Å². The number of nitrogens with zero attached hydrogens (tertiary/aromatic N) is 4. The van der Waals surface area contributed by atoms with E-state index in [1.165, 1.54) is 10.4 Å². The average molecular weight is 333 g/mol. The summed E-state index contributed by atoms with van der Waals surface area (Å²) in [5, 5.41) is 10.6. The molecule has 2 aromatic rings. The Kier molecular flexibility index (Phi) is 5.07. The second-order valence-electron chi connectivity index (χ2n) is 6.20. The van der Waals surface area contributed by atoms with Gasteiger partial charge in [0.15, 0.2) is 0 Å². The molecular formula is C16H23N5OS. The number of amides is 1. The predicted molar refractivity (Wildman–Crippen MR) is 91.0 cm³/mol. The van der Waals surface area contributed by atoms with Crippen molar-refractivity contribution in [3.05, 3.63) is 23.2 Å². The zero-order chi connectivity index (χ0) is 16.2. The third-order valence-electron chi connectivity index (χ3n) is 4.40. The molecule has 0 radical (unpaired) electrons. The molecule has 23 heavy (non-hydrogen) atoms. The monoisotopic (exact) mass is 333 g/mol. The van der Waals surface area contributed by atoms with E-state index < -0.39 is 0 Å². The van der Waals surface area contributed by atoms with Crippen LogP contribution in [-0.4, -0.2) is 45.4 Å². The van der Waals surface area contributed by atoms with Crippen LogP contribution in [0, 0.1) is 12.8 Å². The molecule has 3 heterocycles. The molecule has 124 valence electrons. The highest BCUT2D eigenvalue weighted by atomic mass is 32.1. The Bertz CT molecular complexity index is 665. The molecule has 3 rings (SSSR count). The molecule has 1 atom stereocenters. The van der Waals surface area contributed by atoms with Crippen molar-refractivity contribution in [2.75, 3.05) is 19.6 Å². The van der Waals surface area contributed by atoms with Crippen molar-refractivity contribution in [3.8, 4) is 10.6 Å².